The number of Topliss-reactive ketones (excluding diaryl/α,β-unsaturated/α-hetero) is 1. The molecule has 126 valence electrons. The van der Waals surface area contributed by atoms with Gasteiger partial charge in [0.25, 0.3) is 0 Å². The minimum absolute atomic E-state index is 0.0235. The number of rotatable bonds is 2. The predicted molar refractivity (Wildman–Crippen MR) is 86.2 cm³/mol. The number of hydrogen-bond donors (Lipinski definition) is 4. The first-order valence-corrected chi connectivity index (χ1v) is 7.96. The Morgan fingerprint density at radius 3 is 2.75 bits per heavy atom. The number of benzene rings is 1. The molecule has 1 saturated carbocycles. The second-order valence-corrected chi connectivity index (χ2v) is 6.77. The highest BCUT2D eigenvalue weighted by atomic mass is 16.4. The van der Waals surface area contributed by atoms with Gasteiger partial charge in [0.1, 0.15) is 0 Å². The zero-order valence-electron chi connectivity index (χ0n) is 13.2. The highest BCUT2D eigenvalue weighted by Gasteiger charge is 2.60. The van der Waals surface area contributed by atoms with Crippen LogP contribution < -0.4 is 10.6 Å². The molecule has 0 unspecified atom stereocenters. The number of ketones is 1. The van der Waals surface area contributed by atoms with Crippen molar-refractivity contribution in [3.63, 3.8) is 0 Å². The normalized spacial score (nSPS) is 32.3. The van der Waals surface area contributed by atoms with Crippen LogP contribution in [0.3, 0.4) is 0 Å². The Morgan fingerprint density at radius 1 is 1.25 bits per heavy atom. The van der Waals surface area contributed by atoms with E-state index in [1.165, 1.54) is 0 Å². The summed E-state index contributed by atoms with van der Waals surface area (Å²) in [6, 6.07) is 7.02. The van der Waals surface area contributed by atoms with Gasteiger partial charge >= 0.3 is 6.03 Å². The lowest BCUT2D eigenvalue weighted by molar-refractivity contribution is -0.181. The Kier molecular flexibility index (Phi) is 3.04. The molecule has 4 N–H and O–H groups in total. The lowest BCUT2D eigenvalue weighted by atomic mass is 9.75. The molecular formula is C17H19N3O4. The number of aliphatic hydroxyl groups is 2. The molecule has 1 aromatic heterocycles. The van der Waals surface area contributed by atoms with E-state index in [0.29, 0.717) is 12.0 Å². The first kappa shape index (κ1) is 15.2. The van der Waals surface area contributed by atoms with Crippen molar-refractivity contribution in [3.05, 3.63) is 36.0 Å². The molecule has 2 amide bonds. The van der Waals surface area contributed by atoms with E-state index < -0.39 is 23.4 Å². The number of fused-ring (bicyclic) bond motifs is 2. The van der Waals surface area contributed by atoms with Crippen molar-refractivity contribution < 1.29 is 19.8 Å². The number of para-hydroxylation sites is 1. The average molecular weight is 329 g/mol. The van der Waals surface area contributed by atoms with Gasteiger partial charge in [-0.25, -0.2) is 4.79 Å². The van der Waals surface area contributed by atoms with Gasteiger partial charge in [-0.1, -0.05) is 18.2 Å². The fraction of sp³-hybridized carbons (Fsp3) is 0.412. The molecule has 7 nitrogen and oxygen atoms in total. The highest BCUT2D eigenvalue weighted by molar-refractivity contribution is 6.09. The maximum atomic E-state index is 13.0. The van der Waals surface area contributed by atoms with Gasteiger partial charge in [-0.2, -0.15) is 0 Å². The van der Waals surface area contributed by atoms with E-state index in [0.717, 1.165) is 10.9 Å². The molecule has 24 heavy (non-hydrogen) atoms. The molecule has 1 saturated heterocycles. The summed E-state index contributed by atoms with van der Waals surface area (Å²) in [6.45, 7) is 0. The molecule has 4 rings (SSSR count). The van der Waals surface area contributed by atoms with Crippen molar-refractivity contribution in [3.8, 4) is 0 Å². The van der Waals surface area contributed by atoms with Gasteiger partial charge in [-0.15, -0.1) is 0 Å². The number of aromatic nitrogens is 1. The van der Waals surface area contributed by atoms with Gasteiger partial charge < -0.3 is 25.4 Å². The van der Waals surface area contributed by atoms with Crippen molar-refractivity contribution in [2.45, 2.75) is 30.7 Å². The van der Waals surface area contributed by atoms with Crippen LogP contribution in [0.5, 0.6) is 0 Å². The van der Waals surface area contributed by atoms with Gasteiger partial charge in [0.2, 0.25) is 0 Å². The molecule has 1 aliphatic heterocycles. The summed E-state index contributed by atoms with van der Waals surface area (Å²) in [7, 11) is 1.88. The van der Waals surface area contributed by atoms with Crippen molar-refractivity contribution >= 4 is 22.7 Å². The van der Waals surface area contributed by atoms with E-state index in [4.69, 9.17) is 0 Å². The Balaban J connectivity index is 1.67. The van der Waals surface area contributed by atoms with E-state index in [1.807, 2.05) is 35.9 Å². The van der Waals surface area contributed by atoms with Gasteiger partial charge in [-0.3, -0.25) is 4.79 Å². The van der Waals surface area contributed by atoms with Crippen LogP contribution >= 0.6 is 0 Å². The summed E-state index contributed by atoms with van der Waals surface area (Å²) in [6.07, 6.45) is 2.28. The topological polar surface area (TPSA) is 104 Å². The first-order valence-electron chi connectivity index (χ1n) is 7.96. The SMILES string of the molecule is Cn1cc(C(=O)[C@@H]2CC[C@@]3(O)NC(=O)N[C@]3(O)C2)c2ccccc21. The van der Waals surface area contributed by atoms with Crippen LogP contribution in [-0.4, -0.2) is 38.0 Å². The molecule has 2 aliphatic rings. The first-order chi connectivity index (χ1) is 11.3. The second kappa shape index (κ2) is 4.81. The molecule has 7 heteroatoms. The quantitative estimate of drug-likeness (QED) is 0.613. The minimum Gasteiger partial charge on any atom is -0.367 e. The number of hydrogen-bond acceptors (Lipinski definition) is 4. The van der Waals surface area contributed by atoms with Gasteiger partial charge in [0.05, 0.1) is 0 Å². The third-order valence-corrected chi connectivity index (χ3v) is 5.25. The van der Waals surface area contributed by atoms with Crippen LogP contribution in [0.4, 0.5) is 4.79 Å². The third kappa shape index (κ3) is 1.98. The van der Waals surface area contributed by atoms with E-state index in [2.05, 4.69) is 10.6 Å². The van der Waals surface area contributed by atoms with Crippen molar-refractivity contribution in [2.24, 2.45) is 13.0 Å². The highest BCUT2D eigenvalue weighted by Crippen LogP contribution is 2.41. The number of nitrogens with zero attached hydrogens (tertiary/aromatic N) is 1. The molecule has 2 fully saturated rings. The molecular weight excluding hydrogens is 310 g/mol. The molecule has 0 spiro atoms. The second-order valence-electron chi connectivity index (χ2n) is 6.77. The number of amides is 2. The van der Waals surface area contributed by atoms with E-state index >= 15 is 0 Å². The maximum absolute atomic E-state index is 13.0. The number of nitrogens with one attached hydrogen (secondary N) is 2. The fourth-order valence-electron chi connectivity index (χ4n) is 3.93. The van der Waals surface area contributed by atoms with Crippen molar-refractivity contribution in [1.29, 1.82) is 0 Å². The lowest BCUT2D eigenvalue weighted by Gasteiger charge is -2.42. The molecule has 3 atom stereocenters. The summed E-state index contributed by atoms with van der Waals surface area (Å²) in [5.41, 5.74) is -1.99. The van der Waals surface area contributed by atoms with Crippen molar-refractivity contribution in [2.75, 3.05) is 0 Å². The van der Waals surface area contributed by atoms with Crippen molar-refractivity contribution in [1.82, 2.24) is 15.2 Å². The third-order valence-electron chi connectivity index (χ3n) is 5.25. The molecule has 1 aliphatic carbocycles. The van der Waals surface area contributed by atoms with Gasteiger partial charge in [0, 0.05) is 48.5 Å². The number of aryl methyl sites for hydroxylation is 1. The molecule has 2 aromatic rings. The smallest absolute Gasteiger partial charge is 0.319 e. The summed E-state index contributed by atoms with van der Waals surface area (Å²) >= 11 is 0. The Labute approximate surface area is 138 Å². The number of carbonyl (C=O) groups excluding carboxylic acids is 2. The standard InChI is InChI=1S/C17H19N3O4/c1-20-9-12(11-4-2-3-5-13(11)20)14(21)10-6-7-16(23)17(24,8-10)19-15(22)18-16/h2-5,9-10,23-24H,6-8H2,1H3,(H2,18,19,22)/t10-,16+,17+/m1/s1. The minimum atomic E-state index is -1.83. The van der Waals surface area contributed by atoms with Gasteiger partial charge in [-0.05, 0) is 12.5 Å². The zero-order valence-corrected chi connectivity index (χ0v) is 13.2. The van der Waals surface area contributed by atoms with Crippen LogP contribution in [0.25, 0.3) is 10.9 Å². The zero-order chi connectivity index (χ0) is 17.1. The van der Waals surface area contributed by atoms with Gasteiger partial charge in [0.15, 0.2) is 17.2 Å². The van der Waals surface area contributed by atoms with E-state index in [9.17, 15) is 19.8 Å². The summed E-state index contributed by atoms with van der Waals surface area (Å²) in [5.74, 6) is -0.551. The molecule has 1 aromatic carbocycles. The largest absolute Gasteiger partial charge is 0.367 e. The van der Waals surface area contributed by atoms with Crippen LogP contribution in [0.1, 0.15) is 29.6 Å². The average Bonchev–Trinajstić information content (AvgIpc) is 2.99. The Hall–Kier alpha value is -2.38. The monoisotopic (exact) mass is 329 g/mol. The molecule has 2 heterocycles. The van der Waals surface area contributed by atoms with Crippen LogP contribution in [0, 0.1) is 5.92 Å². The fourth-order valence-corrected chi connectivity index (χ4v) is 3.93. The predicted octanol–water partition coefficient (Wildman–Crippen LogP) is 0.851. The Morgan fingerprint density at radius 2 is 1.96 bits per heavy atom. The number of carbonyl (C=O) groups is 2. The van der Waals surface area contributed by atoms with E-state index in [1.54, 1.807) is 6.20 Å². The summed E-state index contributed by atoms with van der Waals surface area (Å²) < 4.78 is 1.90. The molecule has 0 radical (unpaired) electrons. The van der Waals surface area contributed by atoms with Crippen LogP contribution in [0.2, 0.25) is 0 Å². The number of urea groups is 1. The van der Waals surface area contributed by atoms with Crippen LogP contribution in [-0.2, 0) is 7.05 Å². The summed E-state index contributed by atoms with van der Waals surface area (Å²) in [5, 5.41) is 26.6. The van der Waals surface area contributed by atoms with E-state index in [-0.39, 0.29) is 18.6 Å². The van der Waals surface area contributed by atoms with Crippen LogP contribution in [0.15, 0.2) is 30.5 Å². The maximum Gasteiger partial charge on any atom is 0.319 e. The Bertz CT molecular complexity index is 861. The molecule has 0 bridgehead atoms. The summed E-state index contributed by atoms with van der Waals surface area (Å²) in [4.78, 5) is 24.5. The lowest BCUT2D eigenvalue weighted by Crippen LogP contribution is -2.64.